The molecule has 0 fully saturated rings. The molecule has 0 saturated carbocycles. The lowest BCUT2D eigenvalue weighted by molar-refractivity contribution is -0.149. The Morgan fingerprint density at radius 1 is 0.875 bits per heavy atom. The van der Waals surface area contributed by atoms with Crippen LogP contribution in [0.25, 0.3) is 0 Å². The van der Waals surface area contributed by atoms with Crippen molar-refractivity contribution >= 4 is 17.6 Å². The molecule has 126 valence electrons. The largest absolute Gasteiger partial charge is 0.490 e. The van der Waals surface area contributed by atoms with E-state index in [1.54, 1.807) is 42.5 Å². The van der Waals surface area contributed by atoms with E-state index < -0.39 is 11.9 Å². The van der Waals surface area contributed by atoms with Crippen LogP contribution >= 0.6 is 0 Å². The number of anilines is 1. The van der Waals surface area contributed by atoms with Gasteiger partial charge in [-0.3, -0.25) is 4.79 Å². The molecule has 0 aromatic heterocycles. The molecular weight excluding hydrogens is 310 g/mol. The van der Waals surface area contributed by atoms with E-state index in [9.17, 15) is 9.59 Å². The van der Waals surface area contributed by atoms with Crippen LogP contribution in [-0.4, -0.2) is 31.7 Å². The van der Waals surface area contributed by atoms with Crippen molar-refractivity contribution in [3.63, 3.8) is 0 Å². The highest BCUT2D eigenvalue weighted by Gasteiger charge is 2.10. The van der Waals surface area contributed by atoms with Gasteiger partial charge in [-0.2, -0.15) is 0 Å². The number of hydrogen-bond donors (Lipinski definition) is 1. The summed E-state index contributed by atoms with van der Waals surface area (Å²) in [6.45, 7) is 1.67. The molecule has 1 N–H and O–H groups in total. The van der Waals surface area contributed by atoms with Gasteiger partial charge in [-0.25, -0.2) is 4.79 Å². The van der Waals surface area contributed by atoms with Crippen LogP contribution < -0.4 is 14.8 Å². The van der Waals surface area contributed by atoms with Gasteiger partial charge in [0.05, 0.1) is 6.61 Å². The standard InChI is InChI=1S/C18H19NO5/c1-2-22-15-10-6-7-11-16(15)23-13-18(21)24-12-17(20)19-14-8-4-3-5-9-14/h3-11H,2,12-13H2,1H3,(H,19,20). The summed E-state index contributed by atoms with van der Waals surface area (Å²) in [6.07, 6.45) is 0. The number of para-hydroxylation sites is 3. The van der Waals surface area contributed by atoms with Crippen molar-refractivity contribution in [1.29, 1.82) is 0 Å². The fourth-order valence-electron chi connectivity index (χ4n) is 1.89. The molecule has 0 radical (unpaired) electrons. The highest BCUT2D eigenvalue weighted by Crippen LogP contribution is 2.26. The van der Waals surface area contributed by atoms with Gasteiger partial charge in [-0.05, 0) is 31.2 Å². The van der Waals surface area contributed by atoms with Crippen LogP contribution in [0.4, 0.5) is 5.69 Å². The summed E-state index contributed by atoms with van der Waals surface area (Å²) in [5.41, 5.74) is 0.639. The maximum absolute atomic E-state index is 11.7. The Morgan fingerprint density at radius 3 is 2.17 bits per heavy atom. The van der Waals surface area contributed by atoms with Gasteiger partial charge in [0, 0.05) is 5.69 Å². The predicted octanol–water partition coefficient (Wildman–Crippen LogP) is 2.65. The summed E-state index contributed by atoms with van der Waals surface area (Å²) in [5, 5.41) is 2.62. The molecule has 24 heavy (non-hydrogen) atoms. The summed E-state index contributed by atoms with van der Waals surface area (Å²) in [5.74, 6) is -0.0477. The molecule has 0 unspecified atom stereocenters. The van der Waals surface area contributed by atoms with Crippen molar-refractivity contribution in [3.8, 4) is 11.5 Å². The van der Waals surface area contributed by atoms with Gasteiger partial charge in [0.1, 0.15) is 0 Å². The van der Waals surface area contributed by atoms with E-state index >= 15 is 0 Å². The van der Waals surface area contributed by atoms with Gasteiger partial charge in [0.2, 0.25) is 0 Å². The Kier molecular flexibility index (Phi) is 6.64. The van der Waals surface area contributed by atoms with E-state index in [2.05, 4.69) is 5.32 Å². The molecule has 2 aromatic rings. The molecule has 6 heteroatoms. The van der Waals surface area contributed by atoms with Crippen LogP contribution in [0, 0.1) is 0 Å². The van der Waals surface area contributed by atoms with Crippen LogP contribution in [0.2, 0.25) is 0 Å². The molecule has 0 aliphatic heterocycles. The van der Waals surface area contributed by atoms with Gasteiger partial charge < -0.3 is 19.5 Å². The summed E-state index contributed by atoms with van der Waals surface area (Å²) in [7, 11) is 0. The van der Waals surface area contributed by atoms with Gasteiger partial charge in [0.15, 0.2) is 24.7 Å². The number of esters is 1. The number of amides is 1. The molecule has 6 nitrogen and oxygen atoms in total. The zero-order valence-electron chi connectivity index (χ0n) is 13.4. The number of hydrogen-bond acceptors (Lipinski definition) is 5. The molecular formula is C18H19NO5. The van der Waals surface area contributed by atoms with Crippen LogP contribution in [0.1, 0.15) is 6.92 Å². The Labute approximate surface area is 140 Å². The molecule has 0 aliphatic carbocycles. The SMILES string of the molecule is CCOc1ccccc1OCC(=O)OCC(=O)Nc1ccccc1. The number of carbonyl (C=O) groups is 2. The maximum atomic E-state index is 11.7. The van der Waals surface area contributed by atoms with Crippen molar-refractivity contribution in [2.24, 2.45) is 0 Å². The predicted molar refractivity (Wildman–Crippen MR) is 89.1 cm³/mol. The van der Waals surface area contributed by atoms with Crippen LogP contribution in [0.15, 0.2) is 54.6 Å². The van der Waals surface area contributed by atoms with E-state index in [-0.39, 0.29) is 13.2 Å². The quantitative estimate of drug-likeness (QED) is 0.754. The minimum absolute atomic E-state index is 0.303. The third kappa shape index (κ3) is 5.64. The van der Waals surface area contributed by atoms with Crippen LogP contribution in [-0.2, 0) is 14.3 Å². The Hall–Kier alpha value is -3.02. The van der Waals surface area contributed by atoms with E-state index in [1.165, 1.54) is 0 Å². The van der Waals surface area contributed by atoms with E-state index in [4.69, 9.17) is 14.2 Å². The first kappa shape index (κ1) is 17.3. The monoisotopic (exact) mass is 329 g/mol. The van der Waals surface area contributed by atoms with Crippen molar-refractivity contribution < 1.29 is 23.8 Å². The number of ether oxygens (including phenoxy) is 3. The third-order valence-electron chi connectivity index (χ3n) is 2.92. The zero-order valence-corrected chi connectivity index (χ0v) is 13.4. The number of rotatable bonds is 8. The summed E-state index contributed by atoms with van der Waals surface area (Å²) in [4.78, 5) is 23.4. The first-order chi connectivity index (χ1) is 11.7. The molecule has 0 spiro atoms. The lowest BCUT2D eigenvalue weighted by Crippen LogP contribution is -2.23. The fourth-order valence-corrected chi connectivity index (χ4v) is 1.89. The van der Waals surface area contributed by atoms with E-state index in [0.29, 0.717) is 23.8 Å². The second-order valence-corrected chi connectivity index (χ2v) is 4.74. The number of nitrogens with one attached hydrogen (secondary N) is 1. The molecule has 0 heterocycles. The van der Waals surface area contributed by atoms with Gasteiger partial charge in [0.25, 0.3) is 5.91 Å². The molecule has 0 saturated heterocycles. The summed E-state index contributed by atoms with van der Waals surface area (Å²) < 4.78 is 15.6. The minimum atomic E-state index is -0.635. The normalized spacial score (nSPS) is 9.88. The fraction of sp³-hybridized carbons (Fsp3) is 0.222. The Bertz CT molecular complexity index is 672. The van der Waals surface area contributed by atoms with Crippen molar-refractivity contribution in [1.82, 2.24) is 0 Å². The Balaban J connectivity index is 1.74. The topological polar surface area (TPSA) is 73.9 Å². The van der Waals surface area contributed by atoms with Crippen molar-refractivity contribution in [2.75, 3.05) is 25.1 Å². The van der Waals surface area contributed by atoms with Crippen molar-refractivity contribution in [3.05, 3.63) is 54.6 Å². The average molecular weight is 329 g/mol. The minimum Gasteiger partial charge on any atom is -0.490 e. The third-order valence-corrected chi connectivity index (χ3v) is 2.92. The highest BCUT2D eigenvalue weighted by molar-refractivity contribution is 5.92. The molecule has 2 rings (SSSR count). The molecule has 1 amide bonds. The average Bonchev–Trinajstić information content (AvgIpc) is 2.60. The Morgan fingerprint density at radius 2 is 1.50 bits per heavy atom. The maximum Gasteiger partial charge on any atom is 0.344 e. The highest BCUT2D eigenvalue weighted by atomic mass is 16.6. The lowest BCUT2D eigenvalue weighted by Gasteiger charge is -2.11. The summed E-state index contributed by atoms with van der Waals surface area (Å²) in [6, 6.07) is 15.9. The summed E-state index contributed by atoms with van der Waals surface area (Å²) >= 11 is 0. The van der Waals surface area contributed by atoms with E-state index in [0.717, 1.165) is 0 Å². The van der Waals surface area contributed by atoms with Crippen LogP contribution in [0.3, 0.4) is 0 Å². The number of benzene rings is 2. The smallest absolute Gasteiger partial charge is 0.344 e. The lowest BCUT2D eigenvalue weighted by atomic mass is 10.3. The molecule has 0 aliphatic rings. The first-order valence-corrected chi connectivity index (χ1v) is 7.54. The zero-order chi connectivity index (χ0) is 17.2. The van der Waals surface area contributed by atoms with Crippen molar-refractivity contribution in [2.45, 2.75) is 6.92 Å². The van der Waals surface area contributed by atoms with Gasteiger partial charge in [-0.15, -0.1) is 0 Å². The second-order valence-electron chi connectivity index (χ2n) is 4.74. The molecule has 0 bridgehead atoms. The second kappa shape index (κ2) is 9.19. The first-order valence-electron chi connectivity index (χ1n) is 7.54. The molecule has 2 aromatic carbocycles. The van der Waals surface area contributed by atoms with Gasteiger partial charge in [-0.1, -0.05) is 30.3 Å². The van der Waals surface area contributed by atoms with Gasteiger partial charge >= 0.3 is 5.97 Å². The van der Waals surface area contributed by atoms with E-state index in [1.807, 2.05) is 19.1 Å². The van der Waals surface area contributed by atoms with Crippen LogP contribution in [0.5, 0.6) is 11.5 Å². The number of carbonyl (C=O) groups excluding carboxylic acids is 2. The molecule has 0 atom stereocenters.